The molecule has 1 aromatic rings. The van der Waals surface area contributed by atoms with E-state index in [1.165, 1.54) is 12.1 Å². The number of hydrogen-bond donors (Lipinski definition) is 2. The van der Waals surface area contributed by atoms with Crippen molar-refractivity contribution in [1.29, 1.82) is 0 Å². The molecule has 0 fully saturated rings. The first-order chi connectivity index (χ1) is 7.82. The van der Waals surface area contributed by atoms with Gasteiger partial charge in [0.2, 0.25) is 0 Å². The SMILES string of the molecule is CS(=O)(=O)CC(CO)(C(=O)O)c1ccccc1. The van der Waals surface area contributed by atoms with Crippen molar-refractivity contribution in [2.45, 2.75) is 5.41 Å². The Kier molecular flexibility index (Phi) is 3.90. The normalized spacial score (nSPS) is 15.2. The number of carbonyl (C=O) groups is 1. The molecule has 1 rings (SSSR count). The summed E-state index contributed by atoms with van der Waals surface area (Å²) in [7, 11) is -3.53. The van der Waals surface area contributed by atoms with Crippen LogP contribution in [0.1, 0.15) is 5.56 Å². The van der Waals surface area contributed by atoms with Gasteiger partial charge >= 0.3 is 5.97 Å². The topological polar surface area (TPSA) is 91.7 Å². The number of aliphatic hydroxyl groups is 1. The van der Waals surface area contributed by atoms with E-state index < -0.39 is 33.6 Å². The Balaban J connectivity index is 3.34. The molecule has 0 aliphatic carbocycles. The van der Waals surface area contributed by atoms with Crippen molar-refractivity contribution in [1.82, 2.24) is 0 Å². The summed E-state index contributed by atoms with van der Waals surface area (Å²) in [6, 6.07) is 7.88. The van der Waals surface area contributed by atoms with Gasteiger partial charge in [0.1, 0.15) is 15.3 Å². The van der Waals surface area contributed by atoms with Crippen LogP contribution in [0.2, 0.25) is 0 Å². The Labute approximate surface area is 99.6 Å². The molecule has 1 atom stereocenters. The molecule has 0 bridgehead atoms. The van der Waals surface area contributed by atoms with Crippen molar-refractivity contribution in [2.75, 3.05) is 18.6 Å². The van der Waals surface area contributed by atoms with Crippen molar-refractivity contribution in [3.63, 3.8) is 0 Å². The Hall–Kier alpha value is -1.40. The summed E-state index contributed by atoms with van der Waals surface area (Å²) in [5.74, 6) is -1.98. The summed E-state index contributed by atoms with van der Waals surface area (Å²) < 4.78 is 22.6. The summed E-state index contributed by atoms with van der Waals surface area (Å²) in [5.41, 5.74) is -1.52. The van der Waals surface area contributed by atoms with Crippen molar-refractivity contribution in [2.24, 2.45) is 0 Å². The Morgan fingerprint density at radius 1 is 1.29 bits per heavy atom. The van der Waals surface area contributed by atoms with E-state index in [1.54, 1.807) is 18.2 Å². The minimum absolute atomic E-state index is 0.278. The fraction of sp³-hybridized carbons (Fsp3) is 0.364. The van der Waals surface area contributed by atoms with Crippen LogP contribution in [0.4, 0.5) is 0 Å². The summed E-state index contributed by atoms with van der Waals surface area (Å²) in [6.07, 6.45) is 0.948. The minimum atomic E-state index is -3.53. The molecule has 5 nitrogen and oxygen atoms in total. The average molecular weight is 258 g/mol. The fourth-order valence-electron chi connectivity index (χ4n) is 1.68. The fourth-order valence-corrected chi connectivity index (χ4v) is 2.95. The van der Waals surface area contributed by atoms with Gasteiger partial charge in [0.25, 0.3) is 0 Å². The van der Waals surface area contributed by atoms with Crippen LogP contribution in [0.25, 0.3) is 0 Å². The molecule has 1 unspecified atom stereocenters. The lowest BCUT2D eigenvalue weighted by Crippen LogP contribution is -2.45. The second-order valence-electron chi connectivity index (χ2n) is 3.98. The highest BCUT2D eigenvalue weighted by Gasteiger charge is 2.42. The maximum absolute atomic E-state index is 11.3. The molecule has 0 heterocycles. The van der Waals surface area contributed by atoms with Crippen LogP contribution in [0.5, 0.6) is 0 Å². The second kappa shape index (κ2) is 4.85. The molecular weight excluding hydrogens is 244 g/mol. The third kappa shape index (κ3) is 3.04. The first-order valence-electron chi connectivity index (χ1n) is 4.89. The number of sulfone groups is 1. The standard InChI is InChI=1S/C11H14O5S/c1-17(15,16)8-11(7-12,10(13)14)9-5-3-2-4-6-9/h2-6,12H,7-8H2,1H3,(H,13,14). The van der Waals surface area contributed by atoms with Gasteiger partial charge in [-0.05, 0) is 5.56 Å². The van der Waals surface area contributed by atoms with Gasteiger partial charge in [-0.1, -0.05) is 30.3 Å². The van der Waals surface area contributed by atoms with Crippen LogP contribution in [0.15, 0.2) is 30.3 Å². The third-order valence-corrected chi connectivity index (χ3v) is 3.53. The van der Waals surface area contributed by atoms with Gasteiger partial charge in [0, 0.05) is 6.26 Å². The highest BCUT2D eigenvalue weighted by atomic mass is 32.2. The van der Waals surface area contributed by atoms with Gasteiger partial charge in [-0.15, -0.1) is 0 Å². The number of benzene rings is 1. The first-order valence-corrected chi connectivity index (χ1v) is 6.95. The molecule has 0 spiro atoms. The Morgan fingerprint density at radius 2 is 1.82 bits per heavy atom. The van der Waals surface area contributed by atoms with E-state index in [9.17, 15) is 23.4 Å². The minimum Gasteiger partial charge on any atom is -0.480 e. The smallest absolute Gasteiger partial charge is 0.317 e. The van der Waals surface area contributed by atoms with E-state index in [0.29, 0.717) is 0 Å². The number of hydrogen-bond acceptors (Lipinski definition) is 4. The summed E-state index contributed by atoms with van der Waals surface area (Å²) in [5, 5.41) is 18.5. The molecule has 0 aromatic heterocycles. The molecular formula is C11H14O5S. The van der Waals surface area contributed by atoms with Gasteiger partial charge in [-0.25, -0.2) is 8.42 Å². The van der Waals surface area contributed by atoms with Crippen LogP contribution >= 0.6 is 0 Å². The molecule has 0 aliphatic rings. The summed E-state index contributed by atoms with van der Waals surface area (Å²) in [6.45, 7) is -0.764. The lowest BCUT2D eigenvalue weighted by molar-refractivity contribution is -0.144. The Bertz CT molecular complexity index is 494. The molecule has 0 aliphatic heterocycles. The van der Waals surface area contributed by atoms with E-state index in [1.807, 2.05) is 0 Å². The molecule has 0 radical (unpaired) electrons. The third-order valence-electron chi connectivity index (χ3n) is 2.51. The zero-order valence-corrected chi connectivity index (χ0v) is 10.1. The zero-order valence-electron chi connectivity index (χ0n) is 9.33. The first kappa shape index (κ1) is 13.7. The van der Waals surface area contributed by atoms with Gasteiger partial charge in [0.05, 0.1) is 12.4 Å². The molecule has 17 heavy (non-hydrogen) atoms. The van der Waals surface area contributed by atoms with Gasteiger partial charge in [-0.3, -0.25) is 4.79 Å². The molecule has 1 aromatic carbocycles. The number of aliphatic hydroxyl groups excluding tert-OH is 1. The highest BCUT2D eigenvalue weighted by molar-refractivity contribution is 7.90. The maximum atomic E-state index is 11.3. The summed E-state index contributed by atoms with van der Waals surface area (Å²) in [4.78, 5) is 11.3. The second-order valence-corrected chi connectivity index (χ2v) is 6.12. The van der Waals surface area contributed by atoms with Crippen LogP contribution in [0.3, 0.4) is 0 Å². The van der Waals surface area contributed by atoms with Crippen LogP contribution in [-0.4, -0.2) is 43.2 Å². The maximum Gasteiger partial charge on any atom is 0.317 e. The molecule has 0 amide bonds. The highest BCUT2D eigenvalue weighted by Crippen LogP contribution is 2.26. The van der Waals surface area contributed by atoms with E-state index >= 15 is 0 Å². The van der Waals surface area contributed by atoms with E-state index in [0.717, 1.165) is 6.26 Å². The van der Waals surface area contributed by atoms with E-state index in [4.69, 9.17) is 0 Å². The average Bonchev–Trinajstić information content (AvgIpc) is 2.25. The molecule has 94 valence electrons. The molecule has 0 saturated carbocycles. The van der Waals surface area contributed by atoms with Crippen LogP contribution in [-0.2, 0) is 20.0 Å². The molecule has 0 saturated heterocycles. The van der Waals surface area contributed by atoms with Crippen molar-refractivity contribution in [3.8, 4) is 0 Å². The number of carboxylic acids is 1. The molecule has 2 N–H and O–H groups in total. The predicted octanol–water partition coefficient (Wildman–Crippen LogP) is 0.0459. The van der Waals surface area contributed by atoms with Crippen LogP contribution < -0.4 is 0 Å². The lowest BCUT2D eigenvalue weighted by atomic mass is 9.83. The van der Waals surface area contributed by atoms with Crippen molar-refractivity contribution >= 4 is 15.8 Å². The number of aliphatic carboxylic acids is 1. The quantitative estimate of drug-likeness (QED) is 0.778. The molecule has 6 heteroatoms. The van der Waals surface area contributed by atoms with Crippen molar-refractivity contribution < 1.29 is 23.4 Å². The van der Waals surface area contributed by atoms with E-state index in [2.05, 4.69) is 0 Å². The van der Waals surface area contributed by atoms with Crippen molar-refractivity contribution in [3.05, 3.63) is 35.9 Å². The number of rotatable bonds is 5. The van der Waals surface area contributed by atoms with Gasteiger partial charge < -0.3 is 10.2 Å². The van der Waals surface area contributed by atoms with Gasteiger partial charge in [-0.2, -0.15) is 0 Å². The van der Waals surface area contributed by atoms with E-state index in [-0.39, 0.29) is 5.56 Å². The zero-order chi connectivity index (χ0) is 13.1. The number of carboxylic acid groups (broad SMARTS) is 1. The van der Waals surface area contributed by atoms with Gasteiger partial charge in [0.15, 0.2) is 0 Å². The predicted molar refractivity (Wildman–Crippen MR) is 62.6 cm³/mol. The monoisotopic (exact) mass is 258 g/mol. The lowest BCUT2D eigenvalue weighted by Gasteiger charge is -2.26. The summed E-state index contributed by atoms with van der Waals surface area (Å²) >= 11 is 0. The Morgan fingerprint density at radius 3 is 2.18 bits per heavy atom. The largest absolute Gasteiger partial charge is 0.480 e. The van der Waals surface area contributed by atoms with Crippen LogP contribution in [0, 0.1) is 0 Å².